The van der Waals surface area contributed by atoms with Crippen molar-refractivity contribution >= 4 is 35.2 Å². The van der Waals surface area contributed by atoms with E-state index < -0.39 is 35.6 Å². The Balaban J connectivity index is 1.80. The molecule has 0 aromatic heterocycles. The summed E-state index contributed by atoms with van der Waals surface area (Å²) in [6.45, 7) is 11.0. The van der Waals surface area contributed by atoms with Crippen LogP contribution >= 0.6 is 11.6 Å². The number of anilines is 1. The summed E-state index contributed by atoms with van der Waals surface area (Å²) in [6.07, 6.45) is 1.77. The third-order valence-electron chi connectivity index (χ3n) is 7.64. The maximum Gasteiger partial charge on any atom is 0.408 e. The molecule has 3 N–H and O–H groups in total. The topological polar surface area (TPSA) is 108 Å². The van der Waals surface area contributed by atoms with E-state index in [2.05, 4.69) is 10.6 Å². The van der Waals surface area contributed by atoms with Crippen LogP contribution in [0.2, 0.25) is 5.02 Å². The molecule has 0 bridgehead atoms. The number of rotatable bonds is 9. The van der Waals surface area contributed by atoms with Crippen molar-refractivity contribution in [2.24, 2.45) is 0 Å². The molecule has 234 valence electrons. The number of nitrogens with one attached hydrogen (secondary N) is 2. The highest BCUT2D eigenvalue weighted by molar-refractivity contribution is 6.34. The van der Waals surface area contributed by atoms with E-state index >= 15 is 0 Å². The Hall–Kier alpha value is -4.04. The zero-order chi connectivity index (χ0) is 32.2. The number of hydrogen-bond acceptors (Lipinski definition) is 5. The van der Waals surface area contributed by atoms with Crippen molar-refractivity contribution in [3.8, 4) is 5.75 Å². The number of benzene rings is 3. The Labute approximate surface area is 264 Å². The van der Waals surface area contributed by atoms with Crippen molar-refractivity contribution in [2.45, 2.75) is 91.0 Å². The van der Waals surface area contributed by atoms with Gasteiger partial charge in [-0.1, -0.05) is 65.2 Å². The maximum atomic E-state index is 14.7. The number of nitrogens with zero attached hydrogens (tertiary/aromatic N) is 1. The van der Waals surface area contributed by atoms with Gasteiger partial charge in [0.15, 0.2) is 0 Å². The first-order chi connectivity index (χ1) is 20.7. The molecule has 0 spiro atoms. The molecule has 1 aliphatic rings. The maximum absolute atomic E-state index is 14.7. The van der Waals surface area contributed by atoms with E-state index in [4.69, 9.17) is 16.3 Å². The molecule has 8 nitrogen and oxygen atoms in total. The van der Waals surface area contributed by atoms with Crippen molar-refractivity contribution in [3.63, 3.8) is 0 Å². The van der Waals surface area contributed by atoms with Gasteiger partial charge in [-0.3, -0.25) is 9.59 Å². The molecule has 9 heteroatoms. The highest BCUT2D eigenvalue weighted by atomic mass is 35.5. The number of aromatic hydroxyl groups is 1. The SMILES string of the molecule is Cc1cc(C)cc(C(C(=O)Nc2c(C)cccc2Cl)N(C(=O)C(Cc2ccc(O)cc2)NC(=O)OC(C)(C)C)C2CCC2)c1. The number of amides is 3. The quantitative estimate of drug-likeness (QED) is 0.235. The second-order valence-corrected chi connectivity index (χ2v) is 13.1. The first-order valence-corrected chi connectivity index (χ1v) is 15.3. The van der Waals surface area contributed by atoms with Crippen molar-refractivity contribution in [2.75, 3.05) is 5.32 Å². The van der Waals surface area contributed by atoms with Crippen LogP contribution in [0.3, 0.4) is 0 Å². The van der Waals surface area contributed by atoms with Crippen LogP contribution in [-0.2, 0) is 20.7 Å². The van der Waals surface area contributed by atoms with Gasteiger partial charge in [-0.05, 0) is 95.7 Å². The monoisotopic (exact) mass is 619 g/mol. The third-order valence-corrected chi connectivity index (χ3v) is 7.96. The average Bonchev–Trinajstić information content (AvgIpc) is 2.88. The standard InChI is InChI=1S/C35H42ClN3O5/c1-21-17-22(2)19-25(18-21)31(32(41)38-30-23(3)9-7-12-28(30)36)39(26-10-8-11-26)33(42)29(37-34(43)44-35(4,5)6)20-24-13-15-27(40)16-14-24/h7,9,12-19,26,29,31,40H,8,10-11,20H2,1-6H3,(H,37,43)(H,38,41). The molecule has 1 fully saturated rings. The minimum atomic E-state index is -1.04. The molecule has 2 atom stereocenters. The number of carbonyl (C=O) groups excluding carboxylic acids is 3. The Bertz CT molecular complexity index is 1470. The number of alkyl carbamates (subject to hydrolysis) is 1. The van der Waals surface area contributed by atoms with Crippen molar-refractivity contribution in [1.82, 2.24) is 10.2 Å². The molecule has 0 radical (unpaired) electrons. The number of carbonyl (C=O) groups is 3. The summed E-state index contributed by atoms with van der Waals surface area (Å²) in [5, 5.41) is 16.0. The van der Waals surface area contributed by atoms with Crippen molar-refractivity contribution < 1.29 is 24.2 Å². The highest BCUT2D eigenvalue weighted by Gasteiger charge is 2.42. The summed E-state index contributed by atoms with van der Waals surface area (Å²) >= 11 is 6.51. The molecular weight excluding hydrogens is 578 g/mol. The van der Waals surface area contributed by atoms with Crippen LogP contribution in [0.25, 0.3) is 0 Å². The van der Waals surface area contributed by atoms with Gasteiger partial charge in [0.1, 0.15) is 23.4 Å². The summed E-state index contributed by atoms with van der Waals surface area (Å²) < 4.78 is 5.53. The van der Waals surface area contributed by atoms with Gasteiger partial charge in [0.2, 0.25) is 5.91 Å². The molecule has 2 unspecified atom stereocenters. The number of phenolic OH excluding ortho intramolecular Hbond substituents is 1. The normalized spacial score (nSPS) is 14.6. The van der Waals surface area contributed by atoms with E-state index in [9.17, 15) is 19.5 Å². The van der Waals surface area contributed by atoms with E-state index in [0.29, 0.717) is 16.3 Å². The van der Waals surface area contributed by atoms with Crippen molar-refractivity contribution in [1.29, 1.82) is 0 Å². The molecule has 44 heavy (non-hydrogen) atoms. The molecule has 1 aliphatic carbocycles. The van der Waals surface area contributed by atoms with Crippen molar-refractivity contribution in [3.05, 3.63) is 93.5 Å². The molecule has 3 aromatic rings. The van der Waals surface area contributed by atoms with E-state index in [0.717, 1.165) is 41.5 Å². The second-order valence-electron chi connectivity index (χ2n) is 12.6. The van der Waals surface area contributed by atoms with E-state index in [1.54, 1.807) is 43.9 Å². The van der Waals surface area contributed by atoms with Crippen LogP contribution in [-0.4, -0.2) is 45.6 Å². The van der Waals surface area contributed by atoms with Crippen LogP contribution < -0.4 is 10.6 Å². The Morgan fingerprint density at radius 2 is 1.64 bits per heavy atom. The Morgan fingerprint density at radius 1 is 1.00 bits per heavy atom. The zero-order valence-corrected chi connectivity index (χ0v) is 27.0. The highest BCUT2D eigenvalue weighted by Crippen LogP contribution is 2.36. The fraction of sp³-hybridized carbons (Fsp3) is 0.400. The van der Waals surface area contributed by atoms with Crippen LogP contribution in [0, 0.1) is 20.8 Å². The fourth-order valence-corrected chi connectivity index (χ4v) is 5.74. The lowest BCUT2D eigenvalue weighted by Crippen LogP contribution is -2.57. The predicted octanol–water partition coefficient (Wildman–Crippen LogP) is 7.17. The minimum absolute atomic E-state index is 0.0919. The van der Waals surface area contributed by atoms with E-state index in [1.165, 1.54) is 12.1 Å². The molecule has 0 heterocycles. The second kappa shape index (κ2) is 13.7. The lowest BCUT2D eigenvalue weighted by molar-refractivity contribution is -0.145. The molecule has 3 amide bonds. The fourth-order valence-electron chi connectivity index (χ4n) is 5.47. The largest absolute Gasteiger partial charge is 0.508 e. The van der Waals surface area contributed by atoms with Crippen LogP contribution in [0.15, 0.2) is 60.7 Å². The number of para-hydroxylation sites is 1. The van der Waals surface area contributed by atoms with Gasteiger partial charge in [-0.2, -0.15) is 0 Å². The summed E-state index contributed by atoms with van der Waals surface area (Å²) in [5.74, 6) is -0.704. The van der Waals surface area contributed by atoms with Crippen LogP contribution in [0.5, 0.6) is 5.75 Å². The lowest BCUT2D eigenvalue weighted by atomic mass is 9.87. The number of ether oxygens (including phenoxy) is 1. The molecule has 1 saturated carbocycles. The van der Waals surface area contributed by atoms with E-state index in [1.807, 2.05) is 51.1 Å². The van der Waals surface area contributed by atoms with Gasteiger partial charge < -0.3 is 25.4 Å². The number of phenols is 1. The average molecular weight is 620 g/mol. The summed E-state index contributed by atoms with van der Waals surface area (Å²) in [7, 11) is 0. The van der Waals surface area contributed by atoms with Gasteiger partial charge in [-0.15, -0.1) is 0 Å². The van der Waals surface area contributed by atoms with Gasteiger partial charge in [0.25, 0.3) is 5.91 Å². The third kappa shape index (κ3) is 8.32. The zero-order valence-electron chi connectivity index (χ0n) is 26.2. The van der Waals surface area contributed by atoms with Crippen LogP contribution in [0.4, 0.5) is 10.5 Å². The first-order valence-electron chi connectivity index (χ1n) is 15.0. The summed E-state index contributed by atoms with van der Waals surface area (Å²) in [5.41, 5.74) is 3.82. The molecule has 3 aromatic carbocycles. The van der Waals surface area contributed by atoms with Crippen LogP contribution in [0.1, 0.15) is 73.9 Å². The minimum Gasteiger partial charge on any atom is -0.508 e. The molecule has 0 saturated heterocycles. The lowest BCUT2D eigenvalue weighted by Gasteiger charge is -2.43. The number of halogens is 1. The summed E-state index contributed by atoms with van der Waals surface area (Å²) in [4.78, 5) is 43.8. The Morgan fingerprint density at radius 3 is 2.18 bits per heavy atom. The number of hydrogen-bond donors (Lipinski definition) is 3. The van der Waals surface area contributed by atoms with Gasteiger partial charge in [-0.25, -0.2) is 4.79 Å². The Kier molecular flexibility index (Phi) is 10.3. The van der Waals surface area contributed by atoms with Gasteiger partial charge in [0.05, 0.1) is 10.7 Å². The van der Waals surface area contributed by atoms with E-state index in [-0.39, 0.29) is 18.2 Å². The smallest absolute Gasteiger partial charge is 0.408 e. The first kappa shape index (κ1) is 32.9. The van der Waals surface area contributed by atoms with Gasteiger partial charge >= 0.3 is 6.09 Å². The molecule has 4 rings (SSSR count). The number of aryl methyl sites for hydroxylation is 3. The summed E-state index contributed by atoms with van der Waals surface area (Å²) in [6, 6.07) is 15.5. The molecule has 0 aliphatic heterocycles. The van der Waals surface area contributed by atoms with Gasteiger partial charge in [0, 0.05) is 12.5 Å². The molecular formula is C35H42ClN3O5. The predicted molar refractivity (Wildman–Crippen MR) is 173 cm³/mol.